The van der Waals surface area contributed by atoms with E-state index in [9.17, 15) is 4.79 Å². The smallest absolute Gasteiger partial charge is 0.228 e. The monoisotopic (exact) mass is 323 g/mol. The Morgan fingerprint density at radius 3 is 3.11 bits per heavy atom. The zero-order valence-electron chi connectivity index (χ0n) is 10.9. The van der Waals surface area contributed by atoms with Crippen LogP contribution < -0.4 is 0 Å². The summed E-state index contributed by atoms with van der Waals surface area (Å²) in [6, 6.07) is 6.27. The molecule has 0 radical (unpaired) electrons. The quantitative estimate of drug-likeness (QED) is 0.795. The molecule has 0 spiro atoms. The van der Waals surface area contributed by atoms with Crippen LogP contribution in [0.25, 0.3) is 0 Å². The van der Waals surface area contributed by atoms with Gasteiger partial charge >= 0.3 is 0 Å². The zero-order valence-corrected chi connectivity index (χ0v) is 12.5. The zero-order chi connectivity index (χ0) is 13.2. The van der Waals surface area contributed by atoms with E-state index in [1.165, 1.54) is 15.6 Å². The molecule has 3 rings (SSSR count). The SMILES string of the molecule is O=C(C1CCOC1)N1CCCc2c(Br)cccc2C1. The molecule has 0 aliphatic carbocycles. The van der Waals surface area contributed by atoms with Crippen molar-refractivity contribution < 1.29 is 9.53 Å². The Bertz CT molecular complexity index is 483. The van der Waals surface area contributed by atoms with E-state index in [0.717, 1.165) is 39.0 Å². The van der Waals surface area contributed by atoms with Gasteiger partial charge < -0.3 is 9.64 Å². The van der Waals surface area contributed by atoms with Crippen molar-refractivity contribution in [1.82, 2.24) is 4.90 Å². The van der Waals surface area contributed by atoms with E-state index in [4.69, 9.17) is 4.74 Å². The number of hydrogen-bond donors (Lipinski definition) is 0. The van der Waals surface area contributed by atoms with Crippen LogP contribution >= 0.6 is 15.9 Å². The van der Waals surface area contributed by atoms with E-state index in [2.05, 4.69) is 34.1 Å². The first-order valence-corrected chi connectivity index (χ1v) is 7.68. The first-order chi connectivity index (χ1) is 9.25. The molecular weight excluding hydrogens is 306 g/mol. The van der Waals surface area contributed by atoms with Gasteiger partial charge in [-0.1, -0.05) is 28.1 Å². The Morgan fingerprint density at radius 2 is 2.32 bits per heavy atom. The summed E-state index contributed by atoms with van der Waals surface area (Å²) in [5.74, 6) is 0.346. The lowest BCUT2D eigenvalue weighted by Gasteiger charge is -2.23. The Balaban J connectivity index is 1.80. The van der Waals surface area contributed by atoms with E-state index in [-0.39, 0.29) is 11.8 Å². The summed E-state index contributed by atoms with van der Waals surface area (Å²) >= 11 is 3.62. The Morgan fingerprint density at radius 1 is 1.42 bits per heavy atom. The summed E-state index contributed by atoms with van der Waals surface area (Å²) in [6.07, 6.45) is 2.96. The minimum Gasteiger partial charge on any atom is -0.381 e. The van der Waals surface area contributed by atoms with Gasteiger partial charge in [0.2, 0.25) is 5.91 Å². The molecule has 0 bridgehead atoms. The average Bonchev–Trinajstić information content (AvgIpc) is 2.85. The van der Waals surface area contributed by atoms with Gasteiger partial charge in [-0.05, 0) is 36.5 Å². The summed E-state index contributed by atoms with van der Waals surface area (Å²) in [6.45, 7) is 2.92. The number of carbonyl (C=O) groups excluding carboxylic acids is 1. The molecule has 2 heterocycles. The van der Waals surface area contributed by atoms with Gasteiger partial charge in [0.15, 0.2) is 0 Å². The van der Waals surface area contributed by atoms with E-state index in [1.807, 2.05) is 4.90 Å². The fourth-order valence-electron chi connectivity index (χ4n) is 2.94. The van der Waals surface area contributed by atoms with Crippen molar-refractivity contribution in [3.05, 3.63) is 33.8 Å². The number of benzene rings is 1. The lowest BCUT2D eigenvalue weighted by atomic mass is 10.0. The van der Waals surface area contributed by atoms with Gasteiger partial charge in [0.1, 0.15) is 0 Å². The Kier molecular flexibility index (Phi) is 3.89. The second kappa shape index (κ2) is 5.63. The fourth-order valence-corrected chi connectivity index (χ4v) is 3.54. The second-order valence-electron chi connectivity index (χ2n) is 5.30. The van der Waals surface area contributed by atoms with Gasteiger partial charge in [0.05, 0.1) is 12.5 Å². The van der Waals surface area contributed by atoms with Crippen LogP contribution in [-0.4, -0.2) is 30.6 Å². The van der Waals surface area contributed by atoms with Crippen molar-refractivity contribution in [1.29, 1.82) is 0 Å². The van der Waals surface area contributed by atoms with Crippen molar-refractivity contribution in [3.63, 3.8) is 0 Å². The molecule has 0 saturated carbocycles. The first-order valence-electron chi connectivity index (χ1n) is 6.88. The van der Waals surface area contributed by atoms with Gasteiger partial charge in [0, 0.05) is 24.2 Å². The lowest BCUT2D eigenvalue weighted by Crippen LogP contribution is -2.36. The summed E-state index contributed by atoms with van der Waals surface area (Å²) in [7, 11) is 0. The molecule has 1 aromatic carbocycles. The van der Waals surface area contributed by atoms with Gasteiger partial charge in [-0.15, -0.1) is 0 Å². The van der Waals surface area contributed by atoms with Gasteiger partial charge in [-0.25, -0.2) is 0 Å². The average molecular weight is 324 g/mol. The predicted octanol–water partition coefficient (Wildman–Crippen LogP) is 2.76. The highest BCUT2D eigenvalue weighted by Crippen LogP contribution is 2.27. The predicted molar refractivity (Wildman–Crippen MR) is 76.8 cm³/mol. The summed E-state index contributed by atoms with van der Waals surface area (Å²) < 4.78 is 6.50. The highest BCUT2D eigenvalue weighted by Gasteiger charge is 2.29. The molecule has 1 amide bonds. The number of nitrogens with zero attached hydrogens (tertiary/aromatic N) is 1. The van der Waals surface area contributed by atoms with Crippen LogP contribution in [0.1, 0.15) is 24.0 Å². The highest BCUT2D eigenvalue weighted by atomic mass is 79.9. The molecule has 1 saturated heterocycles. The van der Waals surface area contributed by atoms with Crippen molar-refractivity contribution in [2.75, 3.05) is 19.8 Å². The number of fused-ring (bicyclic) bond motifs is 1. The Hall–Kier alpha value is -0.870. The van der Waals surface area contributed by atoms with Crippen molar-refractivity contribution in [2.24, 2.45) is 5.92 Å². The van der Waals surface area contributed by atoms with Gasteiger partial charge in [-0.3, -0.25) is 4.79 Å². The van der Waals surface area contributed by atoms with E-state index in [1.54, 1.807) is 0 Å². The summed E-state index contributed by atoms with van der Waals surface area (Å²) in [5.41, 5.74) is 2.64. The van der Waals surface area contributed by atoms with Crippen LogP contribution in [0.5, 0.6) is 0 Å². The molecule has 1 atom stereocenters. The molecule has 4 heteroatoms. The van der Waals surface area contributed by atoms with Crippen LogP contribution in [0.2, 0.25) is 0 Å². The minimum atomic E-state index is 0.0775. The number of amides is 1. The molecule has 19 heavy (non-hydrogen) atoms. The van der Waals surface area contributed by atoms with E-state index in [0.29, 0.717) is 6.61 Å². The maximum atomic E-state index is 12.5. The molecule has 102 valence electrons. The maximum absolute atomic E-state index is 12.5. The molecule has 0 aromatic heterocycles. The van der Waals surface area contributed by atoms with Crippen molar-refractivity contribution in [3.8, 4) is 0 Å². The molecule has 1 aromatic rings. The van der Waals surface area contributed by atoms with Gasteiger partial charge in [0.25, 0.3) is 0 Å². The van der Waals surface area contributed by atoms with Crippen molar-refractivity contribution in [2.45, 2.75) is 25.8 Å². The molecule has 3 nitrogen and oxygen atoms in total. The normalized spacial score (nSPS) is 23.0. The van der Waals surface area contributed by atoms with Crippen molar-refractivity contribution >= 4 is 21.8 Å². The van der Waals surface area contributed by atoms with E-state index >= 15 is 0 Å². The van der Waals surface area contributed by atoms with E-state index < -0.39 is 0 Å². The molecular formula is C15H18BrNO2. The topological polar surface area (TPSA) is 29.5 Å². The fraction of sp³-hybridized carbons (Fsp3) is 0.533. The summed E-state index contributed by atoms with van der Waals surface area (Å²) in [5, 5.41) is 0. The molecule has 2 aliphatic rings. The van der Waals surface area contributed by atoms with Crippen LogP contribution in [0, 0.1) is 5.92 Å². The molecule has 2 aliphatic heterocycles. The maximum Gasteiger partial charge on any atom is 0.228 e. The second-order valence-corrected chi connectivity index (χ2v) is 6.16. The number of hydrogen-bond acceptors (Lipinski definition) is 2. The van der Waals surface area contributed by atoms with Crippen LogP contribution in [0.4, 0.5) is 0 Å². The third-order valence-corrected chi connectivity index (χ3v) is 4.77. The summed E-state index contributed by atoms with van der Waals surface area (Å²) in [4.78, 5) is 14.5. The number of carbonyl (C=O) groups is 1. The number of halogens is 1. The standard InChI is InChI=1S/C15H18BrNO2/c16-14-5-1-3-11-9-17(7-2-4-13(11)14)15(18)12-6-8-19-10-12/h1,3,5,12H,2,4,6-10H2. The van der Waals surface area contributed by atoms with Gasteiger partial charge in [-0.2, -0.15) is 0 Å². The molecule has 0 N–H and O–H groups in total. The Labute approximate surface area is 122 Å². The highest BCUT2D eigenvalue weighted by molar-refractivity contribution is 9.10. The minimum absolute atomic E-state index is 0.0775. The van der Waals surface area contributed by atoms with Crippen LogP contribution in [-0.2, 0) is 22.5 Å². The molecule has 1 unspecified atom stereocenters. The third kappa shape index (κ3) is 2.70. The molecule has 1 fully saturated rings. The first kappa shape index (κ1) is 13.1. The number of rotatable bonds is 1. The van der Waals surface area contributed by atoms with Crippen LogP contribution in [0.3, 0.4) is 0 Å². The lowest BCUT2D eigenvalue weighted by molar-refractivity contribution is -0.136. The van der Waals surface area contributed by atoms with Crippen LogP contribution in [0.15, 0.2) is 22.7 Å². The third-order valence-electron chi connectivity index (χ3n) is 4.02. The number of ether oxygens (including phenoxy) is 1. The largest absolute Gasteiger partial charge is 0.381 e.